The van der Waals surface area contributed by atoms with E-state index >= 15 is 0 Å². The quantitative estimate of drug-likeness (QED) is 0.765. The second kappa shape index (κ2) is 4.81. The zero-order chi connectivity index (χ0) is 13.3. The molecule has 2 aromatic rings. The van der Waals surface area contributed by atoms with E-state index in [9.17, 15) is 17.6 Å². The lowest BCUT2D eigenvalue weighted by Gasteiger charge is -2.02. The van der Waals surface area contributed by atoms with Crippen LogP contribution in [-0.2, 0) is 6.18 Å². The Hall–Kier alpha value is -1.22. The summed E-state index contributed by atoms with van der Waals surface area (Å²) in [5.41, 5.74) is 0. The monoisotopic (exact) mass is 342 g/mol. The van der Waals surface area contributed by atoms with Crippen LogP contribution in [0.25, 0.3) is 0 Å². The minimum absolute atomic E-state index is 0.139. The molecule has 1 aromatic heterocycles. The Kier molecular flexibility index (Phi) is 3.53. The van der Waals surface area contributed by atoms with Gasteiger partial charge in [-0.05, 0) is 34.1 Å². The zero-order valence-corrected chi connectivity index (χ0v) is 10.7. The Morgan fingerprint density at radius 3 is 2.56 bits per heavy atom. The van der Waals surface area contributed by atoms with Gasteiger partial charge in [-0.15, -0.1) is 0 Å². The van der Waals surface area contributed by atoms with E-state index in [-0.39, 0.29) is 15.4 Å². The van der Waals surface area contributed by atoms with Gasteiger partial charge in [-0.3, -0.25) is 0 Å². The van der Waals surface area contributed by atoms with Crippen LogP contribution in [-0.4, -0.2) is 9.36 Å². The van der Waals surface area contributed by atoms with Gasteiger partial charge in [0.25, 0.3) is 11.0 Å². The molecule has 2 rings (SSSR count). The third-order valence-electron chi connectivity index (χ3n) is 1.76. The topological polar surface area (TPSA) is 35.0 Å². The van der Waals surface area contributed by atoms with E-state index in [1.54, 1.807) is 0 Å². The molecule has 0 N–H and O–H groups in total. The molecule has 0 fully saturated rings. The zero-order valence-electron chi connectivity index (χ0n) is 8.33. The van der Waals surface area contributed by atoms with Crippen molar-refractivity contribution in [2.45, 2.75) is 6.18 Å². The van der Waals surface area contributed by atoms with Crippen molar-refractivity contribution in [3.63, 3.8) is 0 Å². The molecule has 0 bridgehead atoms. The van der Waals surface area contributed by atoms with E-state index < -0.39 is 17.8 Å². The maximum absolute atomic E-state index is 12.9. The van der Waals surface area contributed by atoms with E-state index in [1.165, 1.54) is 12.1 Å². The van der Waals surface area contributed by atoms with E-state index in [4.69, 9.17) is 4.74 Å². The summed E-state index contributed by atoms with van der Waals surface area (Å²) < 4.78 is 57.9. The summed E-state index contributed by atoms with van der Waals surface area (Å²) in [6.07, 6.45) is -4.61. The first-order valence-electron chi connectivity index (χ1n) is 4.40. The number of rotatable bonds is 2. The molecule has 3 nitrogen and oxygen atoms in total. The van der Waals surface area contributed by atoms with Crippen molar-refractivity contribution in [3.05, 3.63) is 34.3 Å². The molecule has 0 amide bonds. The molecule has 1 heterocycles. The van der Waals surface area contributed by atoms with E-state index in [0.717, 1.165) is 6.07 Å². The normalized spacial score (nSPS) is 11.6. The Bertz CT molecular complexity index is 572. The summed E-state index contributed by atoms with van der Waals surface area (Å²) in [5.74, 6) is -1.60. The number of benzene rings is 1. The number of hydrogen-bond acceptors (Lipinski definition) is 4. The van der Waals surface area contributed by atoms with Crippen molar-refractivity contribution in [3.8, 4) is 10.9 Å². The molecule has 0 spiro atoms. The molecule has 18 heavy (non-hydrogen) atoms. The SMILES string of the molecule is Fc1ccc(Oc2nc(C(F)(F)F)ns2)cc1Br. The number of hydrogen-bond donors (Lipinski definition) is 0. The fourth-order valence-electron chi connectivity index (χ4n) is 1.01. The van der Waals surface area contributed by atoms with Gasteiger partial charge >= 0.3 is 6.18 Å². The fraction of sp³-hybridized carbons (Fsp3) is 0.111. The highest BCUT2D eigenvalue weighted by atomic mass is 79.9. The predicted octanol–water partition coefficient (Wildman–Crippen LogP) is 4.25. The van der Waals surface area contributed by atoms with Crippen LogP contribution in [0.1, 0.15) is 5.82 Å². The third kappa shape index (κ3) is 2.96. The standard InChI is InChI=1S/C9H3BrF4N2OS/c10-5-3-4(1-2-6(5)11)17-8-15-7(16-18-8)9(12,13)14/h1-3H. The second-order valence-corrected chi connectivity index (χ2v) is 4.63. The number of nitrogens with zero attached hydrogens (tertiary/aromatic N) is 2. The molecule has 0 aliphatic rings. The lowest BCUT2D eigenvalue weighted by molar-refractivity contribution is -0.144. The van der Waals surface area contributed by atoms with Crippen LogP contribution in [0.3, 0.4) is 0 Å². The van der Waals surface area contributed by atoms with Crippen LogP contribution in [0.4, 0.5) is 17.6 Å². The van der Waals surface area contributed by atoms with Crippen LogP contribution in [0.2, 0.25) is 0 Å². The predicted molar refractivity (Wildman–Crippen MR) is 59.1 cm³/mol. The first-order valence-corrected chi connectivity index (χ1v) is 5.97. The molecule has 96 valence electrons. The van der Waals surface area contributed by atoms with Gasteiger partial charge in [0, 0.05) is 11.5 Å². The minimum atomic E-state index is -4.61. The van der Waals surface area contributed by atoms with Crippen molar-refractivity contribution >= 4 is 27.5 Å². The van der Waals surface area contributed by atoms with Crippen molar-refractivity contribution in [1.29, 1.82) is 0 Å². The van der Waals surface area contributed by atoms with Gasteiger partial charge in [-0.2, -0.15) is 22.5 Å². The van der Waals surface area contributed by atoms with E-state index in [0.29, 0.717) is 11.5 Å². The molecule has 0 saturated carbocycles. The summed E-state index contributed by atoms with van der Waals surface area (Å²) in [5, 5.41) is -0.263. The number of alkyl halides is 3. The molecular formula is C9H3BrF4N2OS. The first kappa shape index (κ1) is 13.2. The van der Waals surface area contributed by atoms with Crippen molar-refractivity contribution in [1.82, 2.24) is 9.36 Å². The molecule has 9 heteroatoms. The molecule has 0 aliphatic carbocycles. The summed E-state index contributed by atoms with van der Waals surface area (Å²) in [6, 6.07) is 3.67. The Morgan fingerprint density at radius 2 is 2.00 bits per heavy atom. The lowest BCUT2D eigenvalue weighted by Crippen LogP contribution is -2.06. The highest BCUT2D eigenvalue weighted by molar-refractivity contribution is 9.10. The summed E-state index contributed by atoms with van der Waals surface area (Å²) in [4.78, 5) is 3.18. The van der Waals surface area contributed by atoms with Crippen molar-refractivity contribution in [2.75, 3.05) is 0 Å². The second-order valence-electron chi connectivity index (χ2n) is 3.06. The van der Waals surface area contributed by atoms with Gasteiger partial charge in [0.1, 0.15) is 11.6 Å². The van der Waals surface area contributed by atoms with E-state index in [1.807, 2.05) is 0 Å². The highest BCUT2D eigenvalue weighted by Gasteiger charge is 2.36. The molecule has 0 saturated heterocycles. The number of ether oxygens (including phenoxy) is 1. The fourth-order valence-corrected chi connectivity index (χ4v) is 1.93. The summed E-state index contributed by atoms with van der Waals surface area (Å²) in [7, 11) is 0. The largest absolute Gasteiger partial charge is 0.452 e. The van der Waals surface area contributed by atoms with Gasteiger partial charge in [0.2, 0.25) is 0 Å². The summed E-state index contributed by atoms with van der Waals surface area (Å²) in [6.45, 7) is 0. The van der Waals surface area contributed by atoms with Gasteiger partial charge in [-0.25, -0.2) is 4.39 Å². The average molecular weight is 343 g/mol. The Labute approximate surface area is 111 Å². The van der Waals surface area contributed by atoms with Crippen LogP contribution in [0.15, 0.2) is 22.7 Å². The van der Waals surface area contributed by atoms with Gasteiger partial charge in [-0.1, -0.05) is 0 Å². The highest BCUT2D eigenvalue weighted by Crippen LogP contribution is 2.32. The van der Waals surface area contributed by atoms with Crippen LogP contribution in [0, 0.1) is 5.82 Å². The molecular weight excluding hydrogens is 340 g/mol. The number of halogens is 5. The maximum atomic E-state index is 12.9. The molecule has 0 unspecified atom stereocenters. The first-order chi connectivity index (χ1) is 8.36. The van der Waals surface area contributed by atoms with Crippen molar-refractivity contribution < 1.29 is 22.3 Å². The third-order valence-corrected chi connectivity index (χ3v) is 2.96. The number of aromatic nitrogens is 2. The van der Waals surface area contributed by atoms with Gasteiger partial charge in [0.15, 0.2) is 0 Å². The maximum Gasteiger partial charge on any atom is 0.452 e. The molecule has 0 radical (unpaired) electrons. The molecule has 1 aromatic carbocycles. The average Bonchev–Trinajstić information content (AvgIpc) is 2.72. The van der Waals surface area contributed by atoms with Crippen LogP contribution < -0.4 is 4.74 Å². The van der Waals surface area contributed by atoms with Crippen LogP contribution >= 0.6 is 27.5 Å². The summed E-state index contributed by atoms with van der Waals surface area (Å²) >= 11 is 3.40. The van der Waals surface area contributed by atoms with Gasteiger partial charge in [0.05, 0.1) is 4.47 Å². The lowest BCUT2D eigenvalue weighted by atomic mass is 10.3. The Morgan fingerprint density at radius 1 is 1.28 bits per heavy atom. The van der Waals surface area contributed by atoms with Crippen LogP contribution in [0.5, 0.6) is 10.9 Å². The molecule has 0 atom stereocenters. The Balaban J connectivity index is 2.19. The van der Waals surface area contributed by atoms with E-state index in [2.05, 4.69) is 25.3 Å². The smallest absolute Gasteiger partial charge is 0.430 e. The minimum Gasteiger partial charge on any atom is -0.430 e. The molecule has 0 aliphatic heterocycles. The van der Waals surface area contributed by atoms with Gasteiger partial charge < -0.3 is 4.74 Å². The van der Waals surface area contributed by atoms with Crippen molar-refractivity contribution in [2.24, 2.45) is 0 Å².